The summed E-state index contributed by atoms with van der Waals surface area (Å²) in [4.78, 5) is 26.4. The van der Waals surface area contributed by atoms with Gasteiger partial charge in [0.15, 0.2) is 0 Å². The molecular weight excluding hydrogens is 374 g/mol. The second kappa shape index (κ2) is 7.66. The first kappa shape index (κ1) is 19.3. The number of amides is 2. The lowest BCUT2D eigenvalue weighted by molar-refractivity contribution is -0.126. The normalized spacial score (nSPS) is 21.8. The van der Waals surface area contributed by atoms with Crippen LogP contribution < -0.4 is 10.9 Å². The van der Waals surface area contributed by atoms with Crippen molar-refractivity contribution in [3.8, 4) is 0 Å². The van der Waals surface area contributed by atoms with Crippen LogP contribution in [0.25, 0.3) is 0 Å². The second-order valence-corrected chi connectivity index (χ2v) is 10.4. The molecule has 0 radical (unpaired) electrons. The lowest BCUT2D eigenvalue weighted by atomic mass is 9.90. The van der Waals surface area contributed by atoms with E-state index in [0.717, 1.165) is 19.3 Å². The molecule has 1 atom stereocenters. The summed E-state index contributed by atoms with van der Waals surface area (Å²) in [6.07, 6.45) is 5.26. The Morgan fingerprint density at radius 3 is 2.54 bits per heavy atom. The zero-order valence-corrected chi connectivity index (χ0v) is 16.7. The molecule has 0 unspecified atom stereocenters. The van der Waals surface area contributed by atoms with Crippen molar-refractivity contribution in [2.75, 3.05) is 19.3 Å². The predicted octanol–water partition coefficient (Wildman–Crippen LogP) is 1.31. The van der Waals surface area contributed by atoms with Crippen LogP contribution in [-0.4, -0.2) is 43.9 Å². The number of carbonyl (C=O) groups is 2. The van der Waals surface area contributed by atoms with Crippen molar-refractivity contribution in [3.63, 3.8) is 0 Å². The minimum absolute atomic E-state index is 0.263. The Morgan fingerprint density at radius 1 is 1.19 bits per heavy atom. The number of rotatable bonds is 3. The number of sulfonamides is 1. The molecule has 3 rings (SSSR count). The SMILES string of the molecule is C[C@@H]1CCc2sc(C(=O)NNC(=O)C3CCN(S(C)(=O)=O)CC3)cc2C1. The third kappa shape index (κ3) is 4.44. The molecule has 1 fully saturated rings. The Kier molecular flexibility index (Phi) is 5.69. The van der Waals surface area contributed by atoms with Crippen LogP contribution in [0.1, 0.15) is 46.3 Å². The van der Waals surface area contributed by atoms with E-state index in [2.05, 4.69) is 17.8 Å². The number of fused-ring (bicyclic) bond motifs is 1. The minimum Gasteiger partial charge on any atom is -0.273 e. The van der Waals surface area contributed by atoms with Gasteiger partial charge < -0.3 is 0 Å². The molecule has 0 saturated carbocycles. The van der Waals surface area contributed by atoms with E-state index in [-0.39, 0.29) is 17.7 Å². The first-order valence-electron chi connectivity index (χ1n) is 8.91. The summed E-state index contributed by atoms with van der Waals surface area (Å²) in [6, 6.07) is 1.93. The van der Waals surface area contributed by atoms with E-state index in [4.69, 9.17) is 0 Å². The van der Waals surface area contributed by atoms with Crippen molar-refractivity contribution in [3.05, 3.63) is 21.4 Å². The second-order valence-electron chi connectivity index (χ2n) is 7.29. The maximum atomic E-state index is 12.3. The van der Waals surface area contributed by atoms with Gasteiger partial charge in [-0.1, -0.05) is 6.92 Å². The zero-order valence-electron chi connectivity index (χ0n) is 15.1. The molecule has 2 aliphatic rings. The van der Waals surface area contributed by atoms with Crippen LogP contribution in [0.4, 0.5) is 0 Å². The van der Waals surface area contributed by atoms with E-state index in [1.165, 1.54) is 32.3 Å². The van der Waals surface area contributed by atoms with Crippen molar-refractivity contribution in [1.29, 1.82) is 0 Å². The van der Waals surface area contributed by atoms with Gasteiger partial charge in [-0.25, -0.2) is 12.7 Å². The van der Waals surface area contributed by atoms with Crippen LogP contribution in [0.15, 0.2) is 6.07 Å². The van der Waals surface area contributed by atoms with Crippen molar-refractivity contribution in [2.45, 2.75) is 39.0 Å². The number of piperidine rings is 1. The summed E-state index contributed by atoms with van der Waals surface area (Å²) in [5.74, 6) is -0.198. The molecule has 9 heteroatoms. The number of aryl methyl sites for hydroxylation is 1. The third-order valence-electron chi connectivity index (χ3n) is 5.15. The summed E-state index contributed by atoms with van der Waals surface area (Å²) in [7, 11) is -3.21. The van der Waals surface area contributed by atoms with Gasteiger partial charge in [0.05, 0.1) is 11.1 Å². The fraction of sp³-hybridized carbons (Fsp3) is 0.647. The largest absolute Gasteiger partial charge is 0.279 e. The van der Waals surface area contributed by atoms with Crippen LogP contribution >= 0.6 is 11.3 Å². The van der Waals surface area contributed by atoms with E-state index in [0.29, 0.717) is 36.7 Å². The maximum Gasteiger partial charge on any atom is 0.279 e. The third-order valence-corrected chi connectivity index (χ3v) is 7.69. The Bertz CT molecular complexity index is 795. The van der Waals surface area contributed by atoms with Gasteiger partial charge in [0.25, 0.3) is 5.91 Å². The molecule has 0 aromatic carbocycles. The number of hydrogen-bond acceptors (Lipinski definition) is 5. The summed E-state index contributed by atoms with van der Waals surface area (Å²) in [5, 5.41) is 0. The number of nitrogens with zero attached hydrogens (tertiary/aromatic N) is 1. The Labute approximate surface area is 158 Å². The van der Waals surface area contributed by atoms with Crippen LogP contribution in [-0.2, 0) is 27.7 Å². The van der Waals surface area contributed by atoms with Crippen LogP contribution in [0.2, 0.25) is 0 Å². The first-order chi connectivity index (χ1) is 12.2. The summed E-state index contributed by atoms with van der Waals surface area (Å²) >= 11 is 1.50. The number of thiophene rings is 1. The summed E-state index contributed by atoms with van der Waals surface area (Å²) in [6.45, 7) is 2.89. The maximum absolute atomic E-state index is 12.3. The van der Waals surface area contributed by atoms with Gasteiger partial charge in [0.2, 0.25) is 15.9 Å². The van der Waals surface area contributed by atoms with Crippen LogP contribution in [0.3, 0.4) is 0 Å². The Morgan fingerprint density at radius 2 is 1.88 bits per heavy atom. The van der Waals surface area contributed by atoms with Crippen molar-refractivity contribution in [1.82, 2.24) is 15.2 Å². The number of carbonyl (C=O) groups excluding carboxylic acids is 2. The molecular formula is C17H25N3O4S2. The quantitative estimate of drug-likeness (QED) is 0.749. The van der Waals surface area contributed by atoms with Crippen LogP contribution in [0, 0.1) is 11.8 Å². The topological polar surface area (TPSA) is 95.6 Å². The van der Waals surface area contributed by atoms with Crippen molar-refractivity contribution in [2.24, 2.45) is 11.8 Å². The monoisotopic (exact) mass is 399 g/mol. The minimum atomic E-state index is -3.21. The Hall–Kier alpha value is -1.45. The fourth-order valence-electron chi connectivity index (χ4n) is 3.55. The van der Waals surface area contributed by atoms with Gasteiger partial charge in [0, 0.05) is 23.9 Å². The first-order valence-corrected chi connectivity index (χ1v) is 11.6. The molecule has 2 amide bonds. The molecule has 2 N–H and O–H groups in total. The molecule has 1 saturated heterocycles. The summed E-state index contributed by atoms with van der Waals surface area (Å²) in [5.41, 5.74) is 6.24. The molecule has 7 nitrogen and oxygen atoms in total. The Balaban J connectivity index is 1.50. The number of hydrazine groups is 1. The fourth-order valence-corrected chi connectivity index (χ4v) is 5.53. The van der Waals surface area contributed by atoms with Gasteiger partial charge in [-0.2, -0.15) is 0 Å². The number of nitrogens with one attached hydrogen (secondary N) is 2. The average Bonchev–Trinajstić information content (AvgIpc) is 3.02. The lowest BCUT2D eigenvalue weighted by Gasteiger charge is -2.29. The standard InChI is InChI=1S/C17H25N3O4S2/c1-11-3-4-14-13(9-11)10-15(25-14)17(22)19-18-16(21)12-5-7-20(8-6-12)26(2,23)24/h10-12H,3-9H2,1-2H3,(H,18,21)(H,19,22)/t11-/m1/s1. The summed E-state index contributed by atoms with van der Waals surface area (Å²) < 4.78 is 24.4. The average molecular weight is 400 g/mol. The highest BCUT2D eigenvalue weighted by atomic mass is 32.2. The number of hydrogen-bond donors (Lipinski definition) is 2. The van der Waals surface area contributed by atoms with Gasteiger partial charge in [-0.05, 0) is 49.7 Å². The van der Waals surface area contributed by atoms with Gasteiger partial charge in [-0.15, -0.1) is 11.3 Å². The highest BCUT2D eigenvalue weighted by molar-refractivity contribution is 7.88. The smallest absolute Gasteiger partial charge is 0.273 e. The highest BCUT2D eigenvalue weighted by Gasteiger charge is 2.29. The van der Waals surface area contributed by atoms with E-state index in [9.17, 15) is 18.0 Å². The lowest BCUT2D eigenvalue weighted by Crippen LogP contribution is -2.47. The zero-order chi connectivity index (χ0) is 18.9. The van der Waals surface area contributed by atoms with Gasteiger partial charge >= 0.3 is 0 Å². The van der Waals surface area contributed by atoms with E-state index in [1.807, 2.05) is 6.07 Å². The molecule has 1 aliphatic heterocycles. The highest BCUT2D eigenvalue weighted by Crippen LogP contribution is 2.32. The predicted molar refractivity (Wildman–Crippen MR) is 100 cm³/mol. The molecule has 1 aliphatic carbocycles. The van der Waals surface area contributed by atoms with Crippen LogP contribution in [0.5, 0.6) is 0 Å². The van der Waals surface area contributed by atoms with Crippen molar-refractivity contribution >= 4 is 33.2 Å². The molecule has 1 aromatic rings. The van der Waals surface area contributed by atoms with Crippen molar-refractivity contribution < 1.29 is 18.0 Å². The molecule has 144 valence electrons. The van der Waals surface area contributed by atoms with Gasteiger partial charge in [0.1, 0.15) is 0 Å². The van der Waals surface area contributed by atoms with E-state index in [1.54, 1.807) is 0 Å². The van der Waals surface area contributed by atoms with E-state index < -0.39 is 10.0 Å². The molecule has 2 heterocycles. The molecule has 26 heavy (non-hydrogen) atoms. The van der Waals surface area contributed by atoms with E-state index >= 15 is 0 Å². The van der Waals surface area contributed by atoms with Gasteiger partial charge in [-0.3, -0.25) is 20.4 Å². The molecule has 0 spiro atoms. The molecule has 0 bridgehead atoms. The molecule has 1 aromatic heterocycles.